The van der Waals surface area contributed by atoms with Gasteiger partial charge in [-0.1, -0.05) is 12.1 Å². The van der Waals surface area contributed by atoms with Crippen molar-refractivity contribution in [3.8, 4) is 0 Å². The van der Waals surface area contributed by atoms with Crippen molar-refractivity contribution < 1.29 is 19.5 Å². The molecule has 80 valence electrons. The van der Waals surface area contributed by atoms with Gasteiger partial charge in [0.25, 0.3) is 5.09 Å². The van der Waals surface area contributed by atoms with Crippen LogP contribution >= 0.6 is 0 Å². The monoisotopic (exact) mass is 211 g/mol. The highest BCUT2D eigenvalue weighted by atomic mass is 16.9. The van der Waals surface area contributed by atoms with E-state index in [4.69, 9.17) is 0 Å². The van der Waals surface area contributed by atoms with Gasteiger partial charge in [-0.05, 0) is 17.7 Å². The summed E-state index contributed by atoms with van der Waals surface area (Å²) in [5.41, 5.74) is 0.872. The minimum absolute atomic E-state index is 0.183. The second-order valence-electron chi connectivity index (χ2n) is 2.69. The molecule has 6 heteroatoms. The van der Waals surface area contributed by atoms with Crippen molar-refractivity contribution in [2.24, 2.45) is 0 Å². The van der Waals surface area contributed by atoms with Crippen LogP contribution in [0.4, 0.5) is 0 Å². The predicted molar refractivity (Wildman–Crippen MR) is 49.6 cm³/mol. The number of hydrogen-bond acceptors (Lipinski definition) is 5. The standard InChI is InChI=1S/C9H9NO5/c1-14-9(11)8-4-2-3-7(5-8)6-15-10(12)13/h2-5H,6H2,1H3. The van der Waals surface area contributed by atoms with E-state index in [-0.39, 0.29) is 6.61 Å². The Morgan fingerprint density at radius 2 is 2.27 bits per heavy atom. The first-order valence-corrected chi connectivity index (χ1v) is 4.08. The fraction of sp³-hybridized carbons (Fsp3) is 0.222. The van der Waals surface area contributed by atoms with Gasteiger partial charge in [0.1, 0.15) is 6.61 Å². The SMILES string of the molecule is COC(=O)c1cccc(CO[N+](=O)[O-])c1. The number of rotatable bonds is 4. The molecule has 0 aromatic heterocycles. The number of methoxy groups -OCH3 is 1. The number of benzene rings is 1. The number of esters is 1. The van der Waals surface area contributed by atoms with Crippen LogP contribution in [-0.2, 0) is 16.2 Å². The Hall–Kier alpha value is -2.11. The molecular formula is C9H9NO5. The second-order valence-corrected chi connectivity index (χ2v) is 2.69. The molecule has 0 aliphatic carbocycles. The van der Waals surface area contributed by atoms with E-state index < -0.39 is 11.1 Å². The summed E-state index contributed by atoms with van der Waals surface area (Å²) in [7, 11) is 1.27. The van der Waals surface area contributed by atoms with Gasteiger partial charge < -0.3 is 9.57 Å². The van der Waals surface area contributed by atoms with Gasteiger partial charge in [0, 0.05) is 0 Å². The van der Waals surface area contributed by atoms with Crippen LogP contribution < -0.4 is 0 Å². The van der Waals surface area contributed by atoms with E-state index in [1.807, 2.05) is 0 Å². The first-order valence-electron chi connectivity index (χ1n) is 4.08. The first-order chi connectivity index (χ1) is 7.13. The molecule has 0 aliphatic rings. The number of ether oxygens (including phenoxy) is 1. The van der Waals surface area contributed by atoms with Gasteiger partial charge in [-0.3, -0.25) is 0 Å². The van der Waals surface area contributed by atoms with Gasteiger partial charge in [0.2, 0.25) is 0 Å². The van der Waals surface area contributed by atoms with Gasteiger partial charge in [-0.25, -0.2) is 4.79 Å². The zero-order valence-corrected chi connectivity index (χ0v) is 8.00. The van der Waals surface area contributed by atoms with Gasteiger partial charge >= 0.3 is 5.97 Å². The number of carbonyl (C=O) groups excluding carboxylic acids is 1. The van der Waals surface area contributed by atoms with Crippen LogP contribution in [0.25, 0.3) is 0 Å². The minimum Gasteiger partial charge on any atom is -0.465 e. The predicted octanol–water partition coefficient (Wildman–Crippen LogP) is 1.18. The first kappa shape index (κ1) is 11.0. The Bertz CT molecular complexity index is 377. The highest BCUT2D eigenvalue weighted by Gasteiger charge is 2.06. The molecule has 6 nitrogen and oxygen atoms in total. The zero-order chi connectivity index (χ0) is 11.3. The number of carbonyl (C=O) groups is 1. The van der Waals surface area contributed by atoms with E-state index in [9.17, 15) is 14.9 Å². The molecule has 0 bridgehead atoms. The molecule has 0 unspecified atom stereocenters. The summed E-state index contributed by atoms with van der Waals surface area (Å²) in [6.07, 6.45) is 0. The minimum atomic E-state index is -0.884. The van der Waals surface area contributed by atoms with E-state index in [1.165, 1.54) is 13.2 Å². The van der Waals surface area contributed by atoms with Crippen LogP contribution in [-0.4, -0.2) is 18.2 Å². The normalized spacial score (nSPS) is 9.40. The van der Waals surface area contributed by atoms with Crippen LogP contribution in [0.1, 0.15) is 15.9 Å². The average Bonchev–Trinajstić information content (AvgIpc) is 2.25. The van der Waals surface area contributed by atoms with Crippen LogP contribution in [0.5, 0.6) is 0 Å². The maximum atomic E-state index is 11.1. The van der Waals surface area contributed by atoms with Gasteiger partial charge in [0.15, 0.2) is 0 Å². The van der Waals surface area contributed by atoms with Crippen molar-refractivity contribution in [1.82, 2.24) is 0 Å². The van der Waals surface area contributed by atoms with Crippen LogP contribution in [0.15, 0.2) is 24.3 Å². The van der Waals surface area contributed by atoms with E-state index in [1.54, 1.807) is 18.2 Å². The third-order valence-corrected chi connectivity index (χ3v) is 1.68. The molecule has 1 aromatic carbocycles. The third-order valence-electron chi connectivity index (χ3n) is 1.68. The van der Waals surface area contributed by atoms with Gasteiger partial charge in [0.05, 0.1) is 12.7 Å². The van der Waals surface area contributed by atoms with Crippen molar-refractivity contribution in [2.45, 2.75) is 6.61 Å². The summed E-state index contributed by atoms with van der Waals surface area (Å²) in [4.78, 5) is 25.2. The summed E-state index contributed by atoms with van der Waals surface area (Å²) < 4.78 is 4.50. The largest absolute Gasteiger partial charge is 0.465 e. The summed E-state index contributed by atoms with van der Waals surface area (Å²) in [6, 6.07) is 6.26. The molecule has 1 aromatic rings. The Balaban J connectivity index is 2.74. The average molecular weight is 211 g/mol. The molecule has 0 atom stereocenters. The van der Waals surface area contributed by atoms with E-state index in [0.29, 0.717) is 11.1 Å². The quantitative estimate of drug-likeness (QED) is 0.424. The molecule has 0 spiro atoms. The molecule has 0 heterocycles. The van der Waals surface area contributed by atoms with E-state index in [2.05, 4.69) is 9.57 Å². The van der Waals surface area contributed by atoms with E-state index >= 15 is 0 Å². The summed E-state index contributed by atoms with van der Waals surface area (Å²) >= 11 is 0. The maximum absolute atomic E-state index is 11.1. The smallest absolute Gasteiger partial charge is 0.337 e. The molecule has 15 heavy (non-hydrogen) atoms. The topological polar surface area (TPSA) is 78.7 Å². The Kier molecular flexibility index (Phi) is 3.61. The van der Waals surface area contributed by atoms with Crippen LogP contribution in [0.2, 0.25) is 0 Å². The molecule has 1 rings (SSSR count). The highest BCUT2D eigenvalue weighted by molar-refractivity contribution is 5.89. The molecule has 0 radical (unpaired) electrons. The second kappa shape index (κ2) is 4.94. The lowest BCUT2D eigenvalue weighted by Crippen LogP contribution is -2.04. The van der Waals surface area contributed by atoms with Crippen molar-refractivity contribution in [3.05, 3.63) is 45.5 Å². The van der Waals surface area contributed by atoms with Gasteiger partial charge in [-0.15, -0.1) is 10.1 Å². The number of hydrogen-bond donors (Lipinski definition) is 0. The van der Waals surface area contributed by atoms with Crippen LogP contribution in [0.3, 0.4) is 0 Å². The summed E-state index contributed by atoms with van der Waals surface area (Å²) in [5.74, 6) is -0.488. The third kappa shape index (κ3) is 3.26. The van der Waals surface area contributed by atoms with Crippen LogP contribution in [0, 0.1) is 10.1 Å². The molecular weight excluding hydrogens is 202 g/mol. The van der Waals surface area contributed by atoms with Crippen molar-refractivity contribution in [2.75, 3.05) is 7.11 Å². The highest BCUT2D eigenvalue weighted by Crippen LogP contribution is 2.07. The fourth-order valence-corrected chi connectivity index (χ4v) is 1.03. The Labute approximate surface area is 85.5 Å². The molecule has 0 amide bonds. The molecule has 0 saturated heterocycles. The number of nitrogens with zero attached hydrogens (tertiary/aromatic N) is 1. The summed E-state index contributed by atoms with van der Waals surface area (Å²) in [6.45, 7) is -0.183. The lowest BCUT2D eigenvalue weighted by atomic mass is 10.1. The lowest BCUT2D eigenvalue weighted by molar-refractivity contribution is -0.763. The van der Waals surface area contributed by atoms with Crippen molar-refractivity contribution in [1.29, 1.82) is 0 Å². The lowest BCUT2D eigenvalue weighted by Gasteiger charge is -2.02. The molecule has 0 N–H and O–H groups in total. The molecule has 0 aliphatic heterocycles. The van der Waals surface area contributed by atoms with Gasteiger partial charge in [-0.2, -0.15) is 0 Å². The van der Waals surface area contributed by atoms with E-state index in [0.717, 1.165) is 0 Å². The Morgan fingerprint density at radius 1 is 1.53 bits per heavy atom. The fourth-order valence-electron chi connectivity index (χ4n) is 1.03. The zero-order valence-electron chi connectivity index (χ0n) is 8.00. The molecule has 0 saturated carbocycles. The molecule has 0 fully saturated rings. The van der Waals surface area contributed by atoms with Crippen molar-refractivity contribution >= 4 is 5.97 Å². The summed E-state index contributed by atoms with van der Waals surface area (Å²) in [5, 5.41) is 9.06. The van der Waals surface area contributed by atoms with Crippen molar-refractivity contribution in [3.63, 3.8) is 0 Å². The maximum Gasteiger partial charge on any atom is 0.337 e. The Morgan fingerprint density at radius 3 is 2.87 bits per heavy atom.